The van der Waals surface area contributed by atoms with Crippen LogP contribution in [0.4, 0.5) is 0 Å². The highest BCUT2D eigenvalue weighted by molar-refractivity contribution is 5.76. The molecule has 1 amide bonds. The maximum absolute atomic E-state index is 11.2. The summed E-state index contributed by atoms with van der Waals surface area (Å²) in [6.07, 6.45) is 3.13. The van der Waals surface area contributed by atoms with E-state index in [1.165, 1.54) is 0 Å². The standard InChI is InChI=1S/C14H18N4O3/c1-9(18-6-4-10(5-7-18)12(15)19)14-16-13(17-21-14)11-3-2-8-20-11/h2-3,8-10H,4-7H2,1H3,(H2,15,19). The first-order valence-electron chi connectivity index (χ1n) is 7.06. The lowest BCUT2D eigenvalue weighted by atomic mass is 9.95. The average Bonchev–Trinajstić information content (AvgIpc) is 3.17. The molecule has 1 aliphatic rings. The molecule has 7 nitrogen and oxygen atoms in total. The second kappa shape index (κ2) is 5.69. The van der Waals surface area contributed by atoms with Crippen molar-refractivity contribution in [3.05, 3.63) is 24.3 Å². The monoisotopic (exact) mass is 290 g/mol. The number of nitrogens with two attached hydrogens (primary N) is 1. The molecule has 2 aromatic heterocycles. The molecule has 3 heterocycles. The van der Waals surface area contributed by atoms with Crippen LogP contribution in [0.3, 0.4) is 0 Å². The number of piperidine rings is 1. The molecule has 0 bridgehead atoms. The molecule has 1 aliphatic heterocycles. The van der Waals surface area contributed by atoms with Gasteiger partial charge in [0.2, 0.25) is 17.6 Å². The Hall–Kier alpha value is -2.15. The van der Waals surface area contributed by atoms with Gasteiger partial charge in [-0.25, -0.2) is 0 Å². The number of nitrogens with zero attached hydrogens (tertiary/aromatic N) is 3. The molecule has 2 N–H and O–H groups in total. The zero-order valence-electron chi connectivity index (χ0n) is 11.9. The van der Waals surface area contributed by atoms with Crippen LogP contribution in [0.2, 0.25) is 0 Å². The summed E-state index contributed by atoms with van der Waals surface area (Å²) in [5.41, 5.74) is 5.35. The van der Waals surface area contributed by atoms with Crippen LogP contribution in [0.5, 0.6) is 0 Å². The Labute approximate surface area is 122 Å². The third-order valence-electron chi connectivity index (χ3n) is 4.02. The van der Waals surface area contributed by atoms with Gasteiger partial charge in [0, 0.05) is 5.92 Å². The minimum absolute atomic E-state index is 0.00930. The quantitative estimate of drug-likeness (QED) is 0.918. The van der Waals surface area contributed by atoms with Crippen LogP contribution in [0.1, 0.15) is 31.7 Å². The first-order valence-corrected chi connectivity index (χ1v) is 7.06. The molecule has 7 heteroatoms. The molecule has 2 aromatic rings. The van der Waals surface area contributed by atoms with E-state index in [1.807, 2.05) is 6.92 Å². The highest BCUT2D eigenvalue weighted by Crippen LogP contribution is 2.27. The molecule has 0 spiro atoms. The van der Waals surface area contributed by atoms with Crippen molar-refractivity contribution >= 4 is 5.91 Å². The molecule has 112 valence electrons. The third kappa shape index (κ3) is 2.82. The van der Waals surface area contributed by atoms with Crippen LogP contribution in [0, 0.1) is 5.92 Å². The Morgan fingerprint density at radius 1 is 1.48 bits per heavy atom. The van der Waals surface area contributed by atoms with Gasteiger partial charge in [-0.15, -0.1) is 0 Å². The Bertz CT molecular complexity index is 600. The summed E-state index contributed by atoms with van der Waals surface area (Å²) in [6, 6.07) is 3.58. The van der Waals surface area contributed by atoms with E-state index >= 15 is 0 Å². The summed E-state index contributed by atoms with van der Waals surface area (Å²) >= 11 is 0. The van der Waals surface area contributed by atoms with Crippen molar-refractivity contribution in [1.82, 2.24) is 15.0 Å². The molecule has 1 atom stereocenters. The zero-order valence-corrected chi connectivity index (χ0v) is 11.9. The van der Waals surface area contributed by atoms with Gasteiger partial charge < -0.3 is 14.7 Å². The van der Waals surface area contributed by atoms with Crippen LogP contribution in [-0.4, -0.2) is 34.0 Å². The fourth-order valence-electron chi connectivity index (χ4n) is 2.64. The number of carbonyl (C=O) groups is 1. The summed E-state index contributed by atoms with van der Waals surface area (Å²) in [5.74, 6) is 1.37. The molecule has 0 saturated carbocycles. The van der Waals surface area contributed by atoms with Gasteiger partial charge in [-0.3, -0.25) is 9.69 Å². The fourth-order valence-corrected chi connectivity index (χ4v) is 2.64. The van der Waals surface area contributed by atoms with E-state index in [0.29, 0.717) is 17.5 Å². The Morgan fingerprint density at radius 3 is 2.86 bits per heavy atom. The van der Waals surface area contributed by atoms with Crippen LogP contribution >= 0.6 is 0 Å². The summed E-state index contributed by atoms with van der Waals surface area (Å²) in [5, 5.41) is 3.94. The van der Waals surface area contributed by atoms with Crippen molar-refractivity contribution < 1.29 is 13.7 Å². The number of hydrogen-bond donors (Lipinski definition) is 1. The van der Waals surface area contributed by atoms with Crippen LogP contribution in [-0.2, 0) is 4.79 Å². The number of aromatic nitrogens is 2. The maximum atomic E-state index is 11.2. The fraction of sp³-hybridized carbons (Fsp3) is 0.500. The average molecular weight is 290 g/mol. The van der Waals surface area contributed by atoms with Crippen molar-refractivity contribution in [1.29, 1.82) is 0 Å². The molecule has 3 rings (SSSR count). The van der Waals surface area contributed by atoms with Crippen LogP contribution in [0.25, 0.3) is 11.6 Å². The van der Waals surface area contributed by atoms with Gasteiger partial charge in [0.05, 0.1) is 12.3 Å². The Morgan fingerprint density at radius 2 is 2.24 bits per heavy atom. The van der Waals surface area contributed by atoms with E-state index < -0.39 is 0 Å². The summed E-state index contributed by atoms with van der Waals surface area (Å²) in [4.78, 5) is 17.8. The summed E-state index contributed by atoms with van der Waals surface area (Å²) in [7, 11) is 0. The van der Waals surface area contributed by atoms with Crippen molar-refractivity contribution in [2.75, 3.05) is 13.1 Å². The van der Waals surface area contributed by atoms with Gasteiger partial charge in [0.25, 0.3) is 0 Å². The number of primary amides is 1. The van der Waals surface area contributed by atoms with Gasteiger partial charge in [-0.2, -0.15) is 4.98 Å². The highest BCUT2D eigenvalue weighted by atomic mass is 16.5. The number of rotatable bonds is 4. The van der Waals surface area contributed by atoms with E-state index in [4.69, 9.17) is 14.7 Å². The van der Waals surface area contributed by atoms with Crippen molar-refractivity contribution in [2.24, 2.45) is 11.7 Å². The number of likely N-dealkylation sites (tertiary alicyclic amines) is 1. The lowest BCUT2D eigenvalue weighted by molar-refractivity contribution is -0.123. The lowest BCUT2D eigenvalue weighted by Crippen LogP contribution is -2.39. The number of hydrogen-bond acceptors (Lipinski definition) is 6. The second-order valence-electron chi connectivity index (χ2n) is 5.32. The Balaban J connectivity index is 1.66. The first-order chi connectivity index (χ1) is 10.1. The molecule has 0 aliphatic carbocycles. The largest absolute Gasteiger partial charge is 0.461 e. The van der Waals surface area contributed by atoms with Gasteiger partial charge in [0.1, 0.15) is 0 Å². The highest BCUT2D eigenvalue weighted by Gasteiger charge is 2.29. The van der Waals surface area contributed by atoms with Crippen LogP contribution in [0.15, 0.2) is 27.3 Å². The Kier molecular flexibility index (Phi) is 3.74. The van der Waals surface area contributed by atoms with Gasteiger partial charge in [-0.05, 0) is 45.0 Å². The molecule has 0 aromatic carbocycles. The minimum Gasteiger partial charge on any atom is -0.461 e. The van der Waals surface area contributed by atoms with Gasteiger partial charge in [0.15, 0.2) is 5.76 Å². The predicted molar refractivity (Wildman–Crippen MR) is 73.9 cm³/mol. The summed E-state index contributed by atoms with van der Waals surface area (Å²) in [6.45, 7) is 3.62. The second-order valence-corrected chi connectivity index (χ2v) is 5.32. The third-order valence-corrected chi connectivity index (χ3v) is 4.02. The van der Waals surface area contributed by atoms with Crippen LogP contribution < -0.4 is 5.73 Å². The number of furan rings is 1. The molecular weight excluding hydrogens is 272 g/mol. The van der Waals surface area contributed by atoms with E-state index in [-0.39, 0.29) is 17.9 Å². The van der Waals surface area contributed by atoms with Crippen molar-refractivity contribution in [3.63, 3.8) is 0 Å². The normalized spacial score (nSPS) is 18.7. The molecule has 1 fully saturated rings. The topological polar surface area (TPSA) is 98.4 Å². The van der Waals surface area contributed by atoms with E-state index in [0.717, 1.165) is 25.9 Å². The number of amides is 1. The van der Waals surface area contributed by atoms with E-state index in [2.05, 4.69) is 15.0 Å². The van der Waals surface area contributed by atoms with E-state index in [1.54, 1.807) is 18.4 Å². The smallest absolute Gasteiger partial charge is 0.244 e. The predicted octanol–water partition coefficient (Wildman–Crippen LogP) is 1.59. The van der Waals surface area contributed by atoms with Crippen molar-refractivity contribution in [3.8, 4) is 11.6 Å². The summed E-state index contributed by atoms with van der Waals surface area (Å²) < 4.78 is 10.6. The van der Waals surface area contributed by atoms with Gasteiger partial charge >= 0.3 is 0 Å². The first kappa shape index (κ1) is 13.8. The molecule has 0 radical (unpaired) electrons. The molecule has 1 saturated heterocycles. The number of carbonyl (C=O) groups excluding carboxylic acids is 1. The molecular formula is C14H18N4O3. The maximum Gasteiger partial charge on any atom is 0.244 e. The lowest BCUT2D eigenvalue weighted by Gasteiger charge is -2.33. The van der Waals surface area contributed by atoms with E-state index in [9.17, 15) is 4.79 Å². The molecule has 1 unspecified atom stereocenters. The zero-order chi connectivity index (χ0) is 14.8. The van der Waals surface area contributed by atoms with Gasteiger partial charge in [-0.1, -0.05) is 5.16 Å². The van der Waals surface area contributed by atoms with Crippen molar-refractivity contribution in [2.45, 2.75) is 25.8 Å². The molecule has 21 heavy (non-hydrogen) atoms. The SMILES string of the molecule is CC(c1nc(-c2ccco2)no1)N1CCC(C(N)=O)CC1. The minimum atomic E-state index is -0.208.